The van der Waals surface area contributed by atoms with E-state index in [1.165, 1.54) is 7.11 Å². The fourth-order valence-electron chi connectivity index (χ4n) is 4.62. The molecule has 166 valence electrons. The first-order valence-electron chi connectivity index (χ1n) is 10.8. The molecule has 8 heteroatoms. The van der Waals surface area contributed by atoms with Crippen molar-refractivity contribution in [1.29, 1.82) is 0 Å². The Morgan fingerprint density at radius 2 is 1.70 bits per heavy atom. The lowest BCUT2D eigenvalue weighted by molar-refractivity contribution is -0.149. The molecule has 0 aromatic heterocycles. The fraction of sp³-hybridized carbons (Fsp3) is 0.636. The lowest BCUT2D eigenvalue weighted by Crippen LogP contribution is -2.46. The number of amides is 1. The van der Waals surface area contributed by atoms with Crippen LogP contribution in [0.2, 0.25) is 0 Å². The molecule has 0 bridgehead atoms. The van der Waals surface area contributed by atoms with Crippen LogP contribution in [0.5, 0.6) is 0 Å². The van der Waals surface area contributed by atoms with Gasteiger partial charge in [0.25, 0.3) is 0 Å². The summed E-state index contributed by atoms with van der Waals surface area (Å²) >= 11 is 0. The molecule has 2 aliphatic rings. The van der Waals surface area contributed by atoms with E-state index in [2.05, 4.69) is 6.92 Å². The second-order valence-corrected chi connectivity index (χ2v) is 10.2. The van der Waals surface area contributed by atoms with Gasteiger partial charge in [-0.15, -0.1) is 0 Å². The summed E-state index contributed by atoms with van der Waals surface area (Å²) in [6.07, 6.45) is 3.26. The van der Waals surface area contributed by atoms with Gasteiger partial charge in [0.2, 0.25) is 15.9 Å². The molecular weight excluding hydrogens is 404 g/mol. The van der Waals surface area contributed by atoms with Crippen molar-refractivity contribution < 1.29 is 22.7 Å². The monoisotopic (exact) mass is 436 g/mol. The maximum Gasteiger partial charge on any atom is 0.308 e. The highest BCUT2D eigenvalue weighted by Crippen LogP contribution is 2.33. The number of nitrogens with zero attached hydrogens (tertiary/aromatic N) is 2. The van der Waals surface area contributed by atoms with Gasteiger partial charge in [0.05, 0.1) is 17.9 Å². The molecule has 0 saturated carbocycles. The SMILES string of the molecule is CCC1CN(S(=O)(=O)c2ccccc2)CCC1CC(=O)N1CCC(C(=O)OC)CC1. The number of methoxy groups -OCH3 is 1. The number of hydrogen-bond acceptors (Lipinski definition) is 5. The predicted octanol–water partition coefficient (Wildman–Crippen LogP) is 2.53. The van der Waals surface area contributed by atoms with Crippen LogP contribution < -0.4 is 0 Å². The van der Waals surface area contributed by atoms with Gasteiger partial charge in [-0.3, -0.25) is 9.59 Å². The van der Waals surface area contributed by atoms with Crippen molar-refractivity contribution in [2.75, 3.05) is 33.3 Å². The van der Waals surface area contributed by atoms with Gasteiger partial charge in [-0.1, -0.05) is 31.5 Å². The molecule has 2 aliphatic heterocycles. The zero-order valence-corrected chi connectivity index (χ0v) is 18.6. The third kappa shape index (κ3) is 5.03. The molecule has 3 rings (SSSR count). The molecule has 30 heavy (non-hydrogen) atoms. The number of benzene rings is 1. The lowest BCUT2D eigenvalue weighted by atomic mass is 9.82. The van der Waals surface area contributed by atoms with Crippen LogP contribution >= 0.6 is 0 Å². The molecule has 0 aliphatic carbocycles. The Labute approximate surface area is 179 Å². The smallest absolute Gasteiger partial charge is 0.308 e. The third-order valence-corrected chi connectivity index (χ3v) is 8.46. The molecule has 0 radical (unpaired) electrons. The van der Waals surface area contributed by atoms with E-state index in [9.17, 15) is 18.0 Å². The van der Waals surface area contributed by atoms with Gasteiger partial charge in [0.1, 0.15) is 0 Å². The molecule has 1 aromatic carbocycles. The van der Waals surface area contributed by atoms with Crippen LogP contribution in [0.3, 0.4) is 0 Å². The molecule has 1 amide bonds. The predicted molar refractivity (Wildman–Crippen MR) is 113 cm³/mol. The van der Waals surface area contributed by atoms with Crippen LogP contribution in [-0.4, -0.2) is 62.8 Å². The van der Waals surface area contributed by atoms with E-state index in [1.807, 2.05) is 4.90 Å². The minimum atomic E-state index is -3.50. The topological polar surface area (TPSA) is 84.0 Å². The molecule has 2 atom stereocenters. The van der Waals surface area contributed by atoms with Crippen molar-refractivity contribution in [3.05, 3.63) is 30.3 Å². The number of esters is 1. The number of likely N-dealkylation sites (tertiary alicyclic amines) is 1. The average molecular weight is 437 g/mol. The normalized spacial score (nSPS) is 23.9. The van der Waals surface area contributed by atoms with Gasteiger partial charge >= 0.3 is 5.97 Å². The van der Waals surface area contributed by atoms with Crippen molar-refractivity contribution in [1.82, 2.24) is 9.21 Å². The molecule has 2 heterocycles. The molecule has 1 aromatic rings. The van der Waals surface area contributed by atoms with E-state index in [0.717, 1.165) is 6.42 Å². The number of sulfonamides is 1. The van der Waals surface area contributed by atoms with Crippen molar-refractivity contribution >= 4 is 21.9 Å². The number of hydrogen-bond donors (Lipinski definition) is 0. The van der Waals surface area contributed by atoms with Crippen LogP contribution in [0.1, 0.15) is 39.0 Å². The Balaban J connectivity index is 1.57. The molecule has 2 saturated heterocycles. The summed E-state index contributed by atoms with van der Waals surface area (Å²) < 4.78 is 32.3. The van der Waals surface area contributed by atoms with Crippen molar-refractivity contribution in [2.45, 2.75) is 43.9 Å². The first-order valence-corrected chi connectivity index (χ1v) is 12.2. The van der Waals surface area contributed by atoms with E-state index < -0.39 is 10.0 Å². The fourth-order valence-corrected chi connectivity index (χ4v) is 6.16. The standard InChI is InChI=1S/C22H32N2O5S/c1-3-17-16-24(30(27,28)20-7-5-4-6-8-20)14-11-19(17)15-21(25)23-12-9-18(10-13-23)22(26)29-2/h4-8,17-19H,3,9-16H2,1-2H3. The summed E-state index contributed by atoms with van der Waals surface area (Å²) in [4.78, 5) is 26.7. The molecule has 0 spiro atoms. The maximum absolute atomic E-state index is 12.9. The Kier molecular flexibility index (Phi) is 7.52. The quantitative estimate of drug-likeness (QED) is 0.640. The highest BCUT2D eigenvalue weighted by molar-refractivity contribution is 7.89. The average Bonchev–Trinajstić information content (AvgIpc) is 2.79. The summed E-state index contributed by atoms with van der Waals surface area (Å²) in [5, 5.41) is 0. The number of carbonyl (C=O) groups is 2. The van der Waals surface area contributed by atoms with Gasteiger partial charge in [-0.05, 0) is 43.2 Å². The molecule has 2 unspecified atom stereocenters. The molecular formula is C22H32N2O5S. The Hall–Kier alpha value is -1.93. The Morgan fingerprint density at radius 1 is 1.03 bits per heavy atom. The first kappa shape index (κ1) is 22.7. The summed E-state index contributed by atoms with van der Waals surface area (Å²) in [7, 11) is -2.10. The number of rotatable bonds is 6. The first-order chi connectivity index (χ1) is 14.4. The van der Waals surface area contributed by atoms with Gasteiger partial charge in [-0.2, -0.15) is 4.31 Å². The number of piperidine rings is 2. The largest absolute Gasteiger partial charge is 0.469 e. The zero-order chi connectivity index (χ0) is 21.7. The van der Waals surface area contributed by atoms with E-state index in [4.69, 9.17) is 4.74 Å². The molecule has 2 fully saturated rings. The van der Waals surface area contributed by atoms with Crippen LogP contribution in [0.25, 0.3) is 0 Å². The summed E-state index contributed by atoms with van der Waals surface area (Å²) in [6, 6.07) is 8.53. The van der Waals surface area contributed by atoms with Crippen LogP contribution in [0, 0.1) is 17.8 Å². The van der Waals surface area contributed by atoms with E-state index >= 15 is 0 Å². The minimum Gasteiger partial charge on any atom is -0.469 e. The second-order valence-electron chi connectivity index (χ2n) is 8.28. The Morgan fingerprint density at radius 3 is 2.30 bits per heavy atom. The summed E-state index contributed by atoms with van der Waals surface area (Å²) in [5.41, 5.74) is 0. The van der Waals surface area contributed by atoms with Crippen molar-refractivity contribution in [3.8, 4) is 0 Å². The molecule has 0 N–H and O–H groups in total. The second kappa shape index (κ2) is 9.92. The van der Waals surface area contributed by atoms with Gasteiger partial charge < -0.3 is 9.64 Å². The maximum atomic E-state index is 12.9. The van der Waals surface area contributed by atoms with E-state index in [1.54, 1.807) is 34.6 Å². The third-order valence-electron chi connectivity index (χ3n) is 6.58. The highest BCUT2D eigenvalue weighted by Gasteiger charge is 2.37. The van der Waals surface area contributed by atoms with Crippen LogP contribution in [0.15, 0.2) is 35.2 Å². The summed E-state index contributed by atoms with van der Waals surface area (Å²) in [5.74, 6) is 0.145. The zero-order valence-electron chi connectivity index (χ0n) is 17.8. The number of ether oxygens (including phenoxy) is 1. The van der Waals surface area contributed by atoms with Crippen LogP contribution in [-0.2, 0) is 24.3 Å². The van der Waals surface area contributed by atoms with Crippen LogP contribution in [0.4, 0.5) is 0 Å². The Bertz CT molecular complexity index is 834. The van der Waals surface area contributed by atoms with Crippen molar-refractivity contribution in [2.24, 2.45) is 17.8 Å². The summed E-state index contributed by atoms with van der Waals surface area (Å²) in [6.45, 7) is 4.11. The van der Waals surface area contributed by atoms with Crippen molar-refractivity contribution in [3.63, 3.8) is 0 Å². The molecule has 7 nitrogen and oxygen atoms in total. The van der Waals surface area contributed by atoms with E-state index in [0.29, 0.717) is 56.8 Å². The van der Waals surface area contributed by atoms with Gasteiger partial charge in [0.15, 0.2) is 0 Å². The number of carbonyl (C=O) groups excluding carboxylic acids is 2. The van der Waals surface area contributed by atoms with Gasteiger partial charge in [-0.25, -0.2) is 8.42 Å². The minimum absolute atomic E-state index is 0.112. The van der Waals surface area contributed by atoms with E-state index in [-0.39, 0.29) is 29.6 Å². The van der Waals surface area contributed by atoms with Gasteiger partial charge in [0, 0.05) is 32.6 Å². The lowest BCUT2D eigenvalue weighted by Gasteiger charge is -2.38. The highest BCUT2D eigenvalue weighted by atomic mass is 32.2.